The van der Waals surface area contributed by atoms with Gasteiger partial charge in [0.1, 0.15) is 0 Å². The SMILES string of the molecule is CC1=C(Br)C(=O)C(Br)=C(C)C1=NC(=O)c1ccc(C)cc1. The number of hydrogen-bond donors (Lipinski definition) is 0. The average Bonchev–Trinajstić information content (AvgIpc) is 2.48. The number of halogens is 2. The van der Waals surface area contributed by atoms with Gasteiger partial charge in [-0.1, -0.05) is 17.7 Å². The van der Waals surface area contributed by atoms with Crippen LogP contribution in [0.15, 0.2) is 49.4 Å². The zero-order valence-corrected chi connectivity index (χ0v) is 15.0. The van der Waals surface area contributed by atoms with Crippen LogP contribution in [0.25, 0.3) is 0 Å². The smallest absolute Gasteiger partial charge is 0.277 e. The topological polar surface area (TPSA) is 46.5 Å². The molecular formula is C16H13Br2NO2. The molecule has 0 heterocycles. The van der Waals surface area contributed by atoms with E-state index >= 15 is 0 Å². The van der Waals surface area contributed by atoms with Gasteiger partial charge < -0.3 is 0 Å². The second-order valence-electron chi connectivity index (χ2n) is 4.84. The summed E-state index contributed by atoms with van der Waals surface area (Å²) >= 11 is 6.51. The largest absolute Gasteiger partial charge is 0.287 e. The van der Waals surface area contributed by atoms with E-state index in [-0.39, 0.29) is 11.7 Å². The maximum Gasteiger partial charge on any atom is 0.277 e. The molecule has 1 aromatic rings. The Balaban J connectivity index is 2.46. The molecule has 0 atom stereocenters. The number of nitrogens with zero attached hydrogens (tertiary/aromatic N) is 1. The third kappa shape index (κ3) is 3.14. The Morgan fingerprint density at radius 3 is 1.90 bits per heavy atom. The number of rotatable bonds is 1. The standard InChI is InChI=1S/C16H13Br2NO2/c1-8-4-6-11(7-5-8)16(21)19-14-9(2)12(17)15(20)13(18)10(14)3/h4-7H,1-3H3. The van der Waals surface area contributed by atoms with Gasteiger partial charge in [-0.25, -0.2) is 4.99 Å². The lowest BCUT2D eigenvalue weighted by atomic mass is 9.97. The summed E-state index contributed by atoms with van der Waals surface area (Å²) in [5, 5.41) is 0. The van der Waals surface area contributed by atoms with Crippen LogP contribution in [0.3, 0.4) is 0 Å². The molecule has 0 saturated carbocycles. The minimum atomic E-state index is -0.321. The lowest BCUT2D eigenvalue weighted by Gasteiger charge is -2.17. The Morgan fingerprint density at radius 2 is 1.43 bits per heavy atom. The van der Waals surface area contributed by atoms with Crippen LogP contribution < -0.4 is 0 Å². The van der Waals surface area contributed by atoms with Crippen LogP contribution >= 0.6 is 31.9 Å². The molecule has 0 unspecified atom stereocenters. The van der Waals surface area contributed by atoms with Crippen LogP contribution in [0.4, 0.5) is 0 Å². The molecular weight excluding hydrogens is 398 g/mol. The van der Waals surface area contributed by atoms with Crippen molar-refractivity contribution in [2.45, 2.75) is 20.8 Å². The van der Waals surface area contributed by atoms with Crippen molar-refractivity contribution < 1.29 is 9.59 Å². The zero-order chi connectivity index (χ0) is 15.7. The number of Topliss-reactive ketones (excluding diaryl/α,β-unsaturated/α-hetero) is 1. The van der Waals surface area contributed by atoms with Gasteiger partial charge in [0.2, 0.25) is 5.78 Å². The van der Waals surface area contributed by atoms with E-state index in [2.05, 4.69) is 36.9 Å². The number of aliphatic imine (C=N–C) groups is 1. The number of carbonyl (C=O) groups is 2. The summed E-state index contributed by atoms with van der Waals surface area (Å²) in [5.74, 6) is -0.453. The molecule has 1 aliphatic rings. The Morgan fingerprint density at radius 1 is 0.952 bits per heavy atom. The molecule has 5 heteroatoms. The molecule has 1 aromatic carbocycles. The maximum atomic E-state index is 12.3. The van der Waals surface area contributed by atoms with Crippen molar-refractivity contribution in [3.8, 4) is 0 Å². The molecule has 0 N–H and O–H groups in total. The third-order valence-corrected chi connectivity index (χ3v) is 5.19. The van der Waals surface area contributed by atoms with E-state index in [4.69, 9.17) is 0 Å². The fraction of sp³-hybridized carbons (Fsp3) is 0.188. The summed E-state index contributed by atoms with van der Waals surface area (Å²) in [7, 11) is 0. The highest BCUT2D eigenvalue weighted by atomic mass is 79.9. The summed E-state index contributed by atoms with van der Waals surface area (Å²) in [6, 6.07) is 7.24. The van der Waals surface area contributed by atoms with Gasteiger partial charge >= 0.3 is 0 Å². The van der Waals surface area contributed by atoms with Crippen molar-refractivity contribution in [1.29, 1.82) is 0 Å². The molecule has 1 amide bonds. The van der Waals surface area contributed by atoms with Crippen molar-refractivity contribution in [2.75, 3.05) is 0 Å². The Labute approximate surface area is 140 Å². The molecule has 21 heavy (non-hydrogen) atoms. The van der Waals surface area contributed by atoms with Gasteiger partial charge in [-0.3, -0.25) is 9.59 Å². The van der Waals surface area contributed by atoms with Gasteiger partial charge in [0.25, 0.3) is 5.91 Å². The molecule has 0 saturated heterocycles. The first kappa shape index (κ1) is 16.0. The van der Waals surface area contributed by atoms with E-state index in [9.17, 15) is 9.59 Å². The number of allylic oxidation sites excluding steroid dienone is 4. The highest BCUT2D eigenvalue weighted by Crippen LogP contribution is 2.31. The predicted molar refractivity (Wildman–Crippen MR) is 91.2 cm³/mol. The number of aryl methyl sites for hydroxylation is 1. The normalized spacial score (nSPS) is 15.7. The summed E-state index contributed by atoms with van der Waals surface area (Å²) in [5.41, 5.74) is 3.47. The molecule has 1 aliphatic carbocycles. The number of hydrogen-bond acceptors (Lipinski definition) is 2. The van der Waals surface area contributed by atoms with E-state index in [1.54, 1.807) is 26.0 Å². The van der Waals surface area contributed by atoms with Gasteiger partial charge in [-0.15, -0.1) is 0 Å². The fourth-order valence-electron chi connectivity index (χ4n) is 1.96. The fourth-order valence-corrected chi connectivity index (χ4v) is 2.99. The number of carbonyl (C=O) groups excluding carboxylic acids is 2. The van der Waals surface area contributed by atoms with Gasteiger partial charge in [0.15, 0.2) is 0 Å². The van der Waals surface area contributed by atoms with Gasteiger partial charge in [-0.05, 0) is 75.9 Å². The van der Waals surface area contributed by atoms with Crippen LogP contribution in [0.1, 0.15) is 29.8 Å². The molecule has 0 aliphatic heterocycles. The molecule has 108 valence electrons. The Hall–Kier alpha value is -1.33. The van der Waals surface area contributed by atoms with Crippen LogP contribution in [0, 0.1) is 6.92 Å². The van der Waals surface area contributed by atoms with E-state index in [1.165, 1.54) is 0 Å². The zero-order valence-electron chi connectivity index (χ0n) is 11.8. The first-order chi connectivity index (χ1) is 9.82. The average molecular weight is 411 g/mol. The number of amides is 1. The van der Waals surface area contributed by atoms with E-state index in [1.807, 2.05) is 19.1 Å². The molecule has 0 aromatic heterocycles. The van der Waals surface area contributed by atoms with E-state index < -0.39 is 0 Å². The van der Waals surface area contributed by atoms with Gasteiger partial charge in [0.05, 0.1) is 14.7 Å². The lowest BCUT2D eigenvalue weighted by Crippen LogP contribution is -2.18. The highest BCUT2D eigenvalue weighted by molar-refractivity contribution is 9.13. The first-order valence-electron chi connectivity index (χ1n) is 6.30. The molecule has 0 spiro atoms. The van der Waals surface area contributed by atoms with Crippen molar-refractivity contribution in [3.63, 3.8) is 0 Å². The number of benzene rings is 1. The molecule has 2 rings (SSSR count). The van der Waals surface area contributed by atoms with Crippen LogP contribution in [-0.2, 0) is 4.79 Å². The van der Waals surface area contributed by atoms with Crippen molar-refractivity contribution in [3.05, 3.63) is 55.5 Å². The van der Waals surface area contributed by atoms with Crippen LogP contribution in [-0.4, -0.2) is 17.4 Å². The van der Waals surface area contributed by atoms with Crippen molar-refractivity contribution >= 4 is 49.3 Å². The predicted octanol–water partition coefficient (Wildman–Crippen LogP) is 4.50. The minimum Gasteiger partial charge on any atom is -0.287 e. The van der Waals surface area contributed by atoms with E-state index in [0.717, 1.165) is 5.56 Å². The molecule has 0 bridgehead atoms. The van der Waals surface area contributed by atoms with Gasteiger partial charge in [-0.2, -0.15) is 0 Å². The second kappa shape index (κ2) is 6.20. The lowest BCUT2D eigenvalue weighted by molar-refractivity contribution is -0.111. The molecule has 3 nitrogen and oxygen atoms in total. The monoisotopic (exact) mass is 409 g/mol. The van der Waals surface area contributed by atoms with E-state index in [0.29, 0.717) is 31.4 Å². The van der Waals surface area contributed by atoms with Gasteiger partial charge in [0, 0.05) is 5.56 Å². The van der Waals surface area contributed by atoms with Crippen LogP contribution in [0.5, 0.6) is 0 Å². The Bertz CT molecular complexity index is 695. The highest BCUT2D eigenvalue weighted by Gasteiger charge is 2.26. The maximum absolute atomic E-state index is 12.3. The quantitative estimate of drug-likeness (QED) is 0.640. The summed E-state index contributed by atoms with van der Waals surface area (Å²) < 4.78 is 0.853. The summed E-state index contributed by atoms with van der Waals surface area (Å²) in [6.45, 7) is 5.50. The van der Waals surface area contributed by atoms with Crippen LogP contribution in [0.2, 0.25) is 0 Å². The molecule has 0 fully saturated rings. The third-order valence-electron chi connectivity index (χ3n) is 3.28. The number of ketones is 1. The molecule has 0 radical (unpaired) electrons. The summed E-state index contributed by atoms with van der Waals surface area (Å²) in [6.07, 6.45) is 0. The second-order valence-corrected chi connectivity index (χ2v) is 6.42. The first-order valence-corrected chi connectivity index (χ1v) is 7.89. The van der Waals surface area contributed by atoms with Crippen molar-refractivity contribution in [1.82, 2.24) is 0 Å². The Kier molecular flexibility index (Phi) is 4.74. The van der Waals surface area contributed by atoms with Crippen molar-refractivity contribution in [2.24, 2.45) is 4.99 Å². The summed E-state index contributed by atoms with van der Waals surface area (Å²) in [4.78, 5) is 28.4. The minimum absolute atomic E-state index is 0.133.